The van der Waals surface area contributed by atoms with Crippen molar-refractivity contribution in [3.63, 3.8) is 0 Å². The molecule has 4 nitrogen and oxygen atoms in total. The molecule has 0 radical (unpaired) electrons. The second-order valence-corrected chi connectivity index (χ2v) is 3.27. The van der Waals surface area contributed by atoms with Crippen LogP contribution in [0.2, 0.25) is 0 Å². The standard InChI is InChI=1S/C12H11N3O/c13-10-5-3-7-14-12(10)15-11-6-2-1-4-9(11)8-16/h1-8H,13H2,(H,14,15). The Balaban J connectivity index is 2.34. The van der Waals surface area contributed by atoms with Crippen molar-refractivity contribution in [3.8, 4) is 0 Å². The van der Waals surface area contributed by atoms with Crippen LogP contribution >= 0.6 is 0 Å². The van der Waals surface area contributed by atoms with E-state index in [1.807, 2.05) is 6.07 Å². The van der Waals surface area contributed by atoms with Gasteiger partial charge < -0.3 is 11.1 Å². The number of carbonyl (C=O) groups is 1. The SMILES string of the molecule is Nc1cccnc1Nc1ccccc1C=O. The Morgan fingerprint density at radius 1 is 1.19 bits per heavy atom. The number of nitrogens with zero attached hydrogens (tertiary/aromatic N) is 1. The number of nitrogens with two attached hydrogens (primary N) is 1. The minimum absolute atomic E-state index is 0.545. The maximum atomic E-state index is 10.8. The molecule has 0 aliphatic rings. The average Bonchev–Trinajstić information content (AvgIpc) is 2.33. The Hall–Kier alpha value is -2.36. The van der Waals surface area contributed by atoms with E-state index >= 15 is 0 Å². The van der Waals surface area contributed by atoms with Crippen LogP contribution in [0, 0.1) is 0 Å². The summed E-state index contributed by atoms with van der Waals surface area (Å²) in [6.45, 7) is 0. The van der Waals surface area contributed by atoms with E-state index in [0.29, 0.717) is 22.8 Å². The number of rotatable bonds is 3. The van der Waals surface area contributed by atoms with Crippen molar-refractivity contribution in [2.75, 3.05) is 11.1 Å². The van der Waals surface area contributed by atoms with Crippen LogP contribution in [0.4, 0.5) is 17.2 Å². The summed E-state index contributed by atoms with van der Waals surface area (Å²) in [5.74, 6) is 0.553. The Kier molecular flexibility index (Phi) is 2.82. The molecule has 0 aliphatic carbocycles. The summed E-state index contributed by atoms with van der Waals surface area (Å²) in [5.41, 5.74) is 7.56. The molecule has 0 amide bonds. The summed E-state index contributed by atoms with van der Waals surface area (Å²) in [6.07, 6.45) is 2.43. The number of nitrogen functional groups attached to an aromatic ring is 1. The highest BCUT2D eigenvalue weighted by Gasteiger charge is 2.03. The van der Waals surface area contributed by atoms with Crippen LogP contribution in [0.1, 0.15) is 10.4 Å². The highest BCUT2D eigenvalue weighted by Crippen LogP contribution is 2.21. The summed E-state index contributed by atoms with van der Waals surface area (Å²) in [7, 11) is 0. The van der Waals surface area contributed by atoms with Gasteiger partial charge in [0.2, 0.25) is 0 Å². The van der Waals surface area contributed by atoms with E-state index in [1.165, 1.54) is 0 Å². The van der Waals surface area contributed by atoms with Gasteiger partial charge in [0.25, 0.3) is 0 Å². The summed E-state index contributed by atoms with van der Waals surface area (Å²) >= 11 is 0. The minimum Gasteiger partial charge on any atom is -0.396 e. The highest BCUT2D eigenvalue weighted by atomic mass is 16.1. The topological polar surface area (TPSA) is 68.0 Å². The number of hydrogen-bond donors (Lipinski definition) is 2. The number of hydrogen-bond acceptors (Lipinski definition) is 4. The van der Waals surface area contributed by atoms with Crippen molar-refractivity contribution < 1.29 is 4.79 Å². The third kappa shape index (κ3) is 2.00. The summed E-state index contributed by atoms with van der Waals surface area (Å²) in [4.78, 5) is 14.9. The summed E-state index contributed by atoms with van der Waals surface area (Å²) in [6, 6.07) is 10.7. The number of nitrogens with one attached hydrogen (secondary N) is 1. The number of aromatic nitrogens is 1. The first kappa shape index (κ1) is 10.2. The van der Waals surface area contributed by atoms with Crippen molar-refractivity contribution >= 4 is 23.5 Å². The molecule has 1 aromatic heterocycles. The molecule has 0 saturated carbocycles. The summed E-state index contributed by atoms with van der Waals surface area (Å²) < 4.78 is 0. The molecule has 0 saturated heterocycles. The molecule has 4 heteroatoms. The molecule has 2 rings (SSSR count). The van der Waals surface area contributed by atoms with Gasteiger partial charge in [-0.3, -0.25) is 4.79 Å². The van der Waals surface area contributed by atoms with Gasteiger partial charge in [-0.25, -0.2) is 4.98 Å². The number of para-hydroxylation sites is 1. The quantitative estimate of drug-likeness (QED) is 0.767. The number of benzene rings is 1. The van der Waals surface area contributed by atoms with Crippen molar-refractivity contribution in [1.82, 2.24) is 4.98 Å². The number of aldehydes is 1. The maximum Gasteiger partial charge on any atom is 0.153 e. The Morgan fingerprint density at radius 2 is 2.00 bits per heavy atom. The molecule has 1 heterocycles. The van der Waals surface area contributed by atoms with E-state index in [4.69, 9.17) is 5.73 Å². The van der Waals surface area contributed by atoms with E-state index in [2.05, 4.69) is 10.3 Å². The van der Waals surface area contributed by atoms with Gasteiger partial charge in [0.1, 0.15) is 0 Å². The predicted molar refractivity (Wildman–Crippen MR) is 63.8 cm³/mol. The second kappa shape index (κ2) is 4.44. The van der Waals surface area contributed by atoms with E-state index in [1.54, 1.807) is 36.5 Å². The van der Waals surface area contributed by atoms with Gasteiger partial charge in [0.15, 0.2) is 12.1 Å². The monoisotopic (exact) mass is 213 g/mol. The van der Waals surface area contributed by atoms with Crippen LogP contribution in [0.5, 0.6) is 0 Å². The number of carbonyl (C=O) groups excluding carboxylic acids is 1. The van der Waals surface area contributed by atoms with Gasteiger partial charge in [-0.2, -0.15) is 0 Å². The zero-order valence-corrected chi connectivity index (χ0v) is 8.55. The van der Waals surface area contributed by atoms with Gasteiger partial charge in [-0.05, 0) is 24.3 Å². The normalized spacial score (nSPS) is 9.75. The minimum atomic E-state index is 0.545. The molecule has 0 aliphatic heterocycles. The fourth-order valence-corrected chi connectivity index (χ4v) is 1.36. The first-order chi connectivity index (χ1) is 7.81. The van der Waals surface area contributed by atoms with Crippen molar-refractivity contribution in [2.45, 2.75) is 0 Å². The van der Waals surface area contributed by atoms with Gasteiger partial charge in [-0.15, -0.1) is 0 Å². The molecule has 0 bridgehead atoms. The molecule has 0 unspecified atom stereocenters. The molecule has 1 aromatic carbocycles. The molecule has 0 spiro atoms. The molecule has 2 aromatic rings. The fourth-order valence-electron chi connectivity index (χ4n) is 1.36. The smallest absolute Gasteiger partial charge is 0.153 e. The Bertz CT molecular complexity index is 511. The lowest BCUT2D eigenvalue weighted by molar-refractivity contribution is 0.112. The van der Waals surface area contributed by atoms with E-state index in [-0.39, 0.29) is 0 Å². The average molecular weight is 213 g/mol. The third-order valence-corrected chi connectivity index (χ3v) is 2.18. The van der Waals surface area contributed by atoms with Crippen LogP contribution in [-0.4, -0.2) is 11.3 Å². The molecule has 16 heavy (non-hydrogen) atoms. The maximum absolute atomic E-state index is 10.8. The predicted octanol–water partition coefficient (Wildman–Crippen LogP) is 2.22. The second-order valence-electron chi connectivity index (χ2n) is 3.27. The lowest BCUT2D eigenvalue weighted by atomic mass is 10.2. The Morgan fingerprint density at radius 3 is 2.75 bits per heavy atom. The van der Waals surface area contributed by atoms with Gasteiger partial charge in [-0.1, -0.05) is 12.1 Å². The highest BCUT2D eigenvalue weighted by molar-refractivity contribution is 5.86. The van der Waals surface area contributed by atoms with E-state index in [0.717, 1.165) is 6.29 Å². The van der Waals surface area contributed by atoms with Crippen LogP contribution in [0.3, 0.4) is 0 Å². The Labute approximate surface area is 93.1 Å². The van der Waals surface area contributed by atoms with Gasteiger partial charge in [0.05, 0.1) is 11.4 Å². The first-order valence-electron chi connectivity index (χ1n) is 4.83. The largest absolute Gasteiger partial charge is 0.396 e. The van der Waals surface area contributed by atoms with Crippen LogP contribution < -0.4 is 11.1 Å². The molecule has 0 atom stereocenters. The lowest BCUT2D eigenvalue weighted by Gasteiger charge is -2.09. The number of anilines is 3. The molecular weight excluding hydrogens is 202 g/mol. The van der Waals surface area contributed by atoms with Gasteiger partial charge in [0, 0.05) is 11.8 Å². The van der Waals surface area contributed by atoms with Crippen molar-refractivity contribution in [2.24, 2.45) is 0 Å². The van der Waals surface area contributed by atoms with E-state index < -0.39 is 0 Å². The van der Waals surface area contributed by atoms with Crippen molar-refractivity contribution in [3.05, 3.63) is 48.2 Å². The van der Waals surface area contributed by atoms with E-state index in [9.17, 15) is 4.79 Å². The number of pyridine rings is 1. The fraction of sp³-hybridized carbons (Fsp3) is 0. The lowest BCUT2D eigenvalue weighted by Crippen LogP contribution is -2.00. The van der Waals surface area contributed by atoms with Crippen molar-refractivity contribution in [1.29, 1.82) is 0 Å². The molecule has 0 fully saturated rings. The van der Waals surface area contributed by atoms with Crippen LogP contribution in [0.15, 0.2) is 42.6 Å². The zero-order valence-electron chi connectivity index (χ0n) is 8.55. The van der Waals surface area contributed by atoms with Crippen LogP contribution in [0.25, 0.3) is 0 Å². The third-order valence-electron chi connectivity index (χ3n) is 2.18. The zero-order chi connectivity index (χ0) is 11.4. The summed E-state index contributed by atoms with van der Waals surface area (Å²) in [5, 5.41) is 3.02. The molecule has 3 N–H and O–H groups in total. The van der Waals surface area contributed by atoms with Crippen LogP contribution in [-0.2, 0) is 0 Å². The molecular formula is C12H11N3O. The molecule has 80 valence electrons. The first-order valence-corrected chi connectivity index (χ1v) is 4.83. The van der Waals surface area contributed by atoms with Gasteiger partial charge >= 0.3 is 0 Å².